The minimum atomic E-state index is -0.171. The first-order valence-corrected chi connectivity index (χ1v) is 7.02. The highest BCUT2D eigenvalue weighted by Crippen LogP contribution is 2.29. The average Bonchev–Trinajstić information content (AvgIpc) is 2.44. The molecule has 0 radical (unpaired) electrons. The van der Waals surface area contributed by atoms with Crippen molar-refractivity contribution in [3.8, 4) is 0 Å². The van der Waals surface area contributed by atoms with Gasteiger partial charge in [-0.2, -0.15) is 0 Å². The highest BCUT2D eigenvalue weighted by atomic mass is 79.9. The average molecular weight is 355 g/mol. The zero-order valence-electron chi connectivity index (χ0n) is 10.7. The molecule has 2 aromatic rings. The molecule has 20 heavy (non-hydrogen) atoms. The molecule has 0 aliphatic heterocycles. The Morgan fingerprint density at radius 1 is 1.25 bits per heavy atom. The SMILES string of the molecule is CNC(=O)c1ccc(Nc2ccc(Br)c(Cl)c2)c(N)c1. The van der Waals surface area contributed by atoms with Crippen LogP contribution in [0.1, 0.15) is 10.4 Å². The van der Waals surface area contributed by atoms with E-state index in [4.69, 9.17) is 17.3 Å². The lowest BCUT2D eigenvalue weighted by atomic mass is 10.1. The monoisotopic (exact) mass is 353 g/mol. The quantitative estimate of drug-likeness (QED) is 0.735. The number of rotatable bonds is 3. The van der Waals surface area contributed by atoms with Gasteiger partial charge < -0.3 is 16.4 Å². The van der Waals surface area contributed by atoms with Gasteiger partial charge in [0.25, 0.3) is 5.91 Å². The topological polar surface area (TPSA) is 67.2 Å². The molecule has 0 spiro atoms. The fraction of sp³-hybridized carbons (Fsp3) is 0.0714. The van der Waals surface area contributed by atoms with Gasteiger partial charge in [-0.05, 0) is 52.3 Å². The van der Waals surface area contributed by atoms with E-state index >= 15 is 0 Å². The molecule has 0 aromatic heterocycles. The Morgan fingerprint density at radius 3 is 2.60 bits per heavy atom. The van der Waals surface area contributed by atoms with E-state index < -0.39 is 0 Å². The van der Waals surface area contributed by atoms with Crippen molar-refractivity contribution < 1.29 is 4.79 Å². The zero-order valence-corrected chi connectivity index (χ0v) is 13.0. The summed E-state index contributed by atoms with van der Waals surface area (Å²) >= 11 is 9.37. The summed E-state index contributed by atoms with van der Waals surface area (Å²) < 4.78 is 0.827. The van der Waals surface area contributed by atoms with Crippen LogP contribution in [-0.2, 0) is 0 Å². The molecule has 0 aliphatic rings. The lowest BCUT2D eigenvalue weighted by Crippen LogP contribution is -2.17. The fourth-order valence-electron chi connectivity index (χ4n) is 1.69. The first kappa shape index (κ1) is 14.7. The Kier molecular flexibility index (Phi) is 4.52. The third-order valence-electron chi connectivity index (χ3n) is 2.74. The molecule has 2 rings (SSSR count). The van der Waals surface area contributed by atoms with Crippen molar-refractivity contribution in [3.63, 3.8) is 0 Å². The van der Waals surface area contributed by atoms with Gasteiger partial charge in [-0.3, -0.25) is 4.79 Å². The van der Waals surface area contributed by atoms with Gasteiger partial charge >= 0.3 is 0 Å². The minimum absolute atomic E-state index is 0.171. The summed E-state index contributed by atoms with van der Waals surface area (Å²) in [7, 11) is 1.58. The van der Waals surface area contributed by atoms with Gasteiger partial charge in [-0.25, -0.2) is 0 Å². The molecular weight excluding hydrogens is 342 g/mol. The Bertz CT molecular complexity index is 661. The largest absolute Gasteiger partial charge is 0.397 e. The Morgan fingerprint density at radius 2 is 2.00 bits per heavy atom. The number of nitrogen functional groups attached to an aromatic ring is 1. The number of hydrogen-bond donors (Lipinski definition) is 3. The third-order valence-corrected chi connectivity index (χ3v) is 3.97. The van der Waals surface area contributed by atoms with Crippen molar-refractivity contribution in [2.24, 2.45) is 0 Å². The lowest BCUT2D eigenvalue weighted by Gasteiger charge is -2.11. The van der Waals surface area contributed by atoms with E-state index in [1.54, 1.807) is 31.3 Å². The molecule has 0 unspecified atom stereocenters. The summed E-state index contributed by atoms with van der Waals surface area (Å²) in [5, 5.41) is 6.32. The summed E-state index contributed by atoms with van der Waals surface area (Å²) in [5.74, 6) is -0.171. The van der Waals surface area contributed by atoms with Crippen molar-refractivity contribution in [1.82, 2.24) is 5.32 Å². The molecule has 0 heterocycles. The maximum absolute atomic E-state index is 11.5. The van der Waals surface area contributed by atoms with E-state index in [1.165, 1.54) is 0 Å². The smallest absolute Gasteiger partial charge is 0.251 e. The maximum atomic E-state index is 11.5. The molecule has 1 amide bonds. The summed E-state index contributed by atoms with van der Waals surface area (Å²) in [6, 6.07) is 10.6. The van der Waals surface area contributed by atoms with Crippen LogP contribution in [0.25, 0.3) is 0 Å². The van der Waals surface area contributed by atoms with Crippen LogP contribution >= 0.6 is 27.5 Å². The second kappa shape index (κ2) is 6.15. The Balaban J connectivity index is 2.25. The zero-order chi connectivity index (χ0) is 14.7. The van der Waals surface area contributed by atoms with Gasteiger partial charge in [-0.1, -0.05) is 11.6 Å². The Hall–Kier alpha value is -1.72. The van der Waals surface area contributed by atoms with Crippen LogP contribution in [0.3, 0.4) is 0 Å². The predicted molar refractivity (Wildman–Crippen MR) is 86.7 cm³/mol. The van der Waals surface area contributed by atoms with Gasteiger partial charge in [0, 0.05) is 22.8 Å². The van der Waals surface area contributed by atoms with Crippen LogP contribution in [0.5, 0.6) is 0 Å². The van der Waals surface area contributed by atoms with Crippen molar-refractivity contribution >= 4 is 50.5 Å². The van der Waals surface area contributed by atoms with Crippen molar-refractivity contribution in [2.75, 3.05) is 18.1 Å². The van der Waals surface area contributed by atoms with Crippen molar-refractivity contribution in [3.05, 3.63) is 51.5 Å². The van der Waals surface area contributed by atoms with E-state index in [2.05, 4.69) is 26.6 Å². The van der Waals surface area contributed by atoms with Crippen LogP contribution in [0.2, 0.25) is 5.02 Å². The van der Waals surface area contributed by atoms with Crippen LogP contribution in [0, 0.1) is 0 Å². The van der Waals surface area contributed by atoms with Crippen molar-refractivity contribution in [1.29, 1.82) is 0 Å². The number of halogens is 2. The number of carbonyl (C=O) groups excluding carboxylic acids is 1. The van der Waals surface area contributed by atoms with Gasteiger partial charge in [0.1, 0.15) is 0 Å². The first-order valence-electron chi connectivity index (χ1n) is 5.85. The third kappa shape index (κ3) is 3.23. The first-order chi connectivity index (χ1) is 9.51. The number of nitrogens with one attached hydrogen (secondary N) is 2. The number of nitrogens with two attached hydrogens (primary N) is 1. The second-order valence-electron chi connectivity index (χ2n) is 4.14. The second-order valence-corrected chi connectivity index (χ2v) is 5.40. The fourth-order valence-corrected chi connectivity index (χ4v) is 2.12. The van der Waals surface area contributed by atoms with Crippen LogP contribution < -0.4 is 16.4 Å². The molecule has 0 fully saturated rings. The summed E-state index contributed by atoms with van der Waals surface area (Å²) in [4.78, 5) is 11.5. The molecule has 2 aromatic carbocycles. The van der Waals surface area contributed by atoms with Crippen LogP contribution in [0.15, 0.2) is 40.9 Å². The molecule has 4 N–H and O–H groups in total. The molecule has 4 nitrogen and oxygen atoms in total. The predicted octanol–water partition coefficient (Wildman–Crippen LogP) is 3.79. The molecule has 0 atom stereocenters. The van der Waals surface area contributed by atoms with Crippen molar-refractivity contribution in [2.45, 2.75) is 0 Å². The molecule has 0 aliphatic carbocycles. The minimum Gasteiger partial charge on any atom is -0.397 e. The summed E-state index contributed by atoms with van der Waals surface area (Å²) in [5.41, 5.74) is 8.49. The standard InChI is InChI=1S/C14H13BrClN3O/c1-18-14(20)8-2-5-13(12(17)6-8)19-9-3-4-10(15)11(16)7-9/h2-7,19H,17H2,1H3,(H,18,20). The molecule has 6 heteroatoms. The number of amides is 1. The molecular formula is C14H13BrClN3O. The van der Waals surface area contributed by atoms with E-state index in [-0.39, 0.29) is 5.91 Å². The molecule has 0 bridgehead atoms. The van der Waals surface area contributed by atoms with Gasteiger partial charge in [0.05, 0.1) is 16.4 Å². The Labute approximate surface area is 130 Å². The molecule has 0 saturated heterocycles. The van der Waals surface area contributed by atoms with Gasteiger partial charge in [-0.15, -0.1) is 0 Å². The molecule has 0 saturated carbocycles. The van der Waals surface area contributed by atoms with Gasteiger partial charge in [0.2, 0.25) is 0 Å². The normalized spacial score (nSPS) is 10.2. The summed E-state index contributed by atoms with van der Waals surface area (Å²) in [6.45, 7) is 0. The van der Waals surface area contributed by atoms with Crippen LogP contribution in [-0.4, -0.2) is 13.0 Å². The van der Waals surface area contributed by atoms with Crippen LogP contribution in [0.4, 0.5) is 17.1 Å². The van der Waals surface area contributed by atoms with E-state index in [1.807, 2.05) is 12.1 Å². The number of benzene rings is 2. The van der Waals surface area contributed by atoms with E-state index in [9.17, 15) is 4.79 Å². The number of carbonyl (C=O) groups is 1. The highest BCUT2D eigenvalue weighted by molar-refractivity contribution is 9.10. The van der Waals surface area contributed by atoms with E-state index in [0.717, 1.165) is 15.8 Å². The maximum Gasteiger partial charge on any atom is 0.251 e. The highest BCUT2D eigenvalue weighted by Gasteiger charge is 2.07. The number of hydrogen-bond acceptors (Lipinski definition) is 3. The number of anilines is 3. The van der Waals surface area contributed by atoms with E-state index in [0.29, 0.717) is 16.3 Å². The lowest BCUT2D eigenvalue weighted by molar-refractivity contribution is 0.0963. The summed E-state index contributed by atoms with van der Waals surface area (Å²) in [6.07, 6.45) is 0. The molecule has 104 valence electrons. The van der Waals surface area contributed by atoms with Gasteiger partial charge in [0.15, 0.2) is 0 Å².